The maximum absolute atomic E-state index is 12.1. The molecular formula is C15H23N3O4S2. The minimum absolute atomic E-state index is 0.00277. The number of carbonyl (C=O) groups is 1. The van der Waals surface area contributed by atoms with E-state index in [4.69, 9.17) is 4.42 Å². The van der Waals surface area contributed by atoms with E-state index in [1.807, 2.05) is 0 Å². The van der Waals surface area contributed by atoms with Crippen molar-refractivity contribution in [3.05, 3.63) is 5.89 Å². The lowest BCUT2D eigenvalue weighted by molar-refractivity contribution is -0.120. The molecule has 1 saturated carbocycles. The molecule has 1 aliphatic carbocycles. The van der Waals surface area contributed by atoms with Gasteiger partial charge in [-0.3, -0.25) is 4.79 Å². The monoisotopic (exact) mass is 373 g/mol. The van der Waals surface area contributed by atoms with Crippen LogP contribution in [0.15, 0.2) is 9.64 Å². The van der Waals surface area contributed by atoms with Gasteiger partial charge in [0.15, 0.2) is 9.84 Å². The Morgan fingerprint density at radius 2 is 2.08 bits per heavy atom. The van der Waals surface area contributed by atoms with Gasteiger partial charge in [-0.1, -0.05) is 31.0 Å². The summed E-state index contributed by atoms with van der Waals surface area (Å²) >= 11 is 1.19. The van der Waals surface area contributed by atoms with Crippen molar-refractivity contribution in [1.29, 1.82) is 0 Å². The van der Waals surface area contributed by atoms with Gasteiger partial charge in [-0.15, -0.1) is 10.2 Å². The molecule has 1 aliphatic heterocycles. The highest BCUT2D eigenvalue weighted by Gasteiger charge is 2.39. The van der Waals surface area contributed by atoms with Crippen LogP contribution in [0.5, 0.6) is 0 Å². The molecule has 1 amide bonds. The molecule has 2 heterocycles. The molecular weight excluding hydrogens is 350 g/mol. The zero-order valence-corrected chi connectivity index (χ0v) is 15.4. The van der Waals surface area contributed by atoms with Crippen LogP contribution in [0.2, 0.25) is 0 Å². The van der Waals surface area contributed by atoms with Crippen LogP contribution in [-0.2, 0) is 14.6 Å². The Hall–Kier alpha value is -1.09. The van der Waals surface area contributed by atoms with Gasteiger partial charge in [0.25, 0.3) is 5.22 Å². The van der Waals surface area contributed by atoms with Crippen molar-refractivity contribution in [3.63, 3.8) is 0 Å². The van der Waals surface area contributed by atoms with Crippen LogP contribution in [0, 0.1) is 0 Å². The van der Waals surface area contributed by atoms with Gasteiger partial charge in [-0.2, -0.15) is 0 Å². The first-order valence-corrected chi connectivity index (χ1v) is 11.1. The van der Waals surface area contributed by atoms with Gasteiger partial charge in [0.05, 0.1) is 22.8 Å². The van der Waals surface area contributed by atoms with Gasteiger partial charge in [0.2, 0.25) is 11.8 Å². The SMILES string of the molecule is CC1(NC(=O)CSc2nnc(C3CCCCC3)o2)CCS(=O)(=O)C1. The zero-order valence-electron chi connectivity index (χ0n) is 13.8. The summed E-state index contributed by atoms with van der Waals surface area (Å²) in [6.07, 6.45) is 6.27. The number of nitrogens with zero attached hydrogens (tertiary/aromatic N) is 2. The number of amides is 1. The van der Waals surface area contributed by atoms with Gasteiger partial charge >= 0.3 is 0 Å². The van der Waals surface area contributed by atoms with Crippen LogP contribution in [0.3, 0.4) is 0 Å². The molecule has 134 valence electrons. The number of hydrogen-bond acceptors (Lipinski definition) is 7. The molecule has 7 nitrogen and oxygen atoms in total. The summed E-state index contributed by atoms with van der Waals surface area (Å²) in [6, 6.07) is 0. The highest BCUT2D eigenvalue weighted by molar-refractivity contribution is 7.99. The maximum atomic E-state index is 12.1. The summed E-state index contributed by atoms with van der Waals surface area (Å²) in [5, 5.41) is 11.3. The summed E-state index contributed by atoms with van der Waals surface area (Å²) in [4.78, 5) is 12.1. The Morgan fingerprint density at radius 3 is 2.75 bits per heavy atom. The van der Waals surface area contributed by atoms with E-state index in [1.54, 1.807) is 6.92 Å². The number of carbonyl (C=O) groups excluding carboxylic acids is 1. The van der Waals surface area contributed by atoms with Crippen LogP contribution in [0.1, 0.15) is 57.3 Å². The van der Waals surface area contributed by atoms with Crippen molar-refractivity contribution in [1.82, 2.24) is 15.5 Å². The standard InChI is InChI=1S/C15H23N3O4S2/c1-15(7-8-24(20,21)10-15)16-12(19)9-23-14-18-17-13(22-14)11-5-3-2-4-6-11/h11H,2-10H2,1H3,(H,16,19). The summed E-state index contributed by atoms with van der Waals surface area (Å²) < 4.78 is 28.8. The molecule has 3 rings (SSSR count). The zero-order chi connectivity index (χ0) is 17.2. The average molecular weight is 374 g/mol. The second kappa shape index (κ2) is 7.03. The van der Waals surface area contributed by atoms with Crippen LogP contribution in [0.4, 0.5) is 0 Å². The first-order chi connectivity index (χ1) is 11.4. The van der Waals surface area contributed by atoms with Gasteiger partial charge in [0.1, 0.15) is 0 Å². The van der Waals surface area contributed by atoms with Gasteiger partial charge in [-0.25, -0.2) is 8.42 Å². The Morgan fingerprint density at radius 1 is 1.33 bits per heavy atom. The number of thioether (sulfide) groups is 1. The van der Waals surface area contributed by atoms with Crippen molar-refractivity contribution in [2.24, 2.45) is 0 Å². The third-order valence-electron chi connectivity index (χ3n) is 4.65. The first kappa shape index (κ1) is 17.7. The molecule has 1 N–H and O–H groups in total. The number of sulfone groups is 1. The minimum atomic E-state index is -3.04. The Labute approximate surface area is 146 Å². The molecule has 1 aromatic rings. The lowest BCUT2D eigenvalue weighted by atomic mass is 9.89. The molecule has 0 radical (unpaired) electrons. The number of nitrogens with one attached hydrogen (secondary N) is 1. The van der Waals surface area contributed by atoms with E-state index in [9.17, 15) is 13.2 Å². The molecule has 2 aliphatic rings. The van der Waals surface area contributed by atoms with Crippen molar-refractivity contribution >= 4 is 27.5 Å². The van der Waals surface area contributed by atoms with Crippen LogP contribution in [-0.4, -0.2) is 47.3 Å². The van der Waals surface area contributed by atoms with Gasteiger partial charge < -0.3 is 9.73 Å². The van der Waals surface area contributed by atoms with Crippen molar-refractivity contribution in [2.75, 3.05) is 17.3 Å². The lowest BCUT2D eigenvalue weighted by Gasteiger charge is -2.23. The average Bonchev–Trinajstić information content (AvgIpc) is 3.10. The van der Waals surface area contributed by atoms with Crippen LogP contribution < -0.4 is 5.32 Å². The Kier molecular flexibility index (Phi) is 5.19. The number of rotatable bonds is 5. The Bertz CT molecular complexity index is 697. The second-order valence-electron chi connectivity index (χ2n) is 6.98. The van der Waals surface area contributed by atoms with Gasteiger partial charge in [0, 0.05) is 5.92 Å². The van der Waals surface area contributed by atoms with Crippen LogP contribution in [0.25, 0.3) is 0 Å². The van der Waals surface area contributed by atoms with Crippen molar-refractivity contribution < 1.29 is 17.6 Å². The molecule has 0 spiro atoms. The summed E-state index contributed by atoms with van der Waals surface area (Å²) in [7, 11) is -3.04. The summed E-state index contributed by atoms with van der Waals surface area (Å²) in [5.74, 6) is 1.08. The lowest BCUT2D eigenvalue weighted by Crippen LogP contribution is -2.47. The largest absolute Gasteiger partial charge is 0.416 e. The normalized spacial score (nSPS) is 27.2. The Balaban J connectivity index is 1.49. The van der Waals surface area contributed by atoms with Crippen molar-refractivity contribution in [3.8, 4) is 0 Å². The fourth-order valence-corrected chi connectivity index (χ4v) is 6.06. The molecule has 24 heavy (non-hydrogen) atoms. The topological polar surface area (TPSA) is 102 Å². The quantitative estimate of drug-likeness (QED) is 0.786. The third-order valence-corrected chi connectivity index (χ3v) is 7.37. The number of hydrogen-bond donors (Lipinski definition) is 1. The molecule has 1 aromatic heterocycles. The van der Waals surface area contributed by atoms with E-state index in [-0.39, 0.29) is 23.2 Å². The van der Waals surface area contributed by atoms with Crippen molar-refractivity contribution in [2.45, 2.75) is 62.1 Å². The highest BCUT2D eigenvalue weighted by atomic mass is 32.2. The van der Waals surface area contributed by atoms with E-state index >= 15 is 0 Å². The van der Waals surface area contributed by atoms with E-state index < -0.39 is 15.4 Å². The van der Waals surface area contributed by atoms with E-state index in [0.29, 0.717) is 23.5 Å². The molecule has 0 aromatic carbocycles. The third kappa shape index (κ3) is 4.50. The van der Waals surface area contributed by atoms with Crippen LogP contribution >= 0.6 is 11.8 Å². The van der Waals surface area contributed by atoms with E-state index in [2.05, 4.69) is 15.5 Å². The smallest absolute Gasteiger partial charge is 0.277 e. The second-order valence-corrected chi connectivity index (χ2v) is 10.1. The molecule has 1 saturated heterocycles. The highest BCUT2D eigenvalue weighted by Crippen LogP contribution is 2.33. The maximum Gasteiger partial charge on any atom is 0.277 e. The van der Waals surface area contributed by atoms with E-state index in [1.165, 1.54) is 31.0 Å². The predicted molar refractivity (Wildman–Crippen MR) is 90.7 cm³/mol. The summed E-state index contributed by atoms with van der Waals surface area (Å²) in [6.45, 7) is 1.77. The number of aromatic nitrogens is 2. The molecule has 1 unspecified atom stereocenters. The molecule has 0 bridgehead atoms. The minimum Gasteiger partial charge on any atom is -0.416 e. The van der Waals surface area contributed by atoms with Gasteiger partial charge in [-0.05, 0) is 26.2 Å². The first-order valence-electron chi connectivity index (χ1n) is 8.33. The molecule has 9 heteroatoms. The fourth-order valence-electron chi connectivity index (χ4n) is 3.40. The van der Waals surface area contributed by atoms with E-state index in [0.717, 1.165) is 12.8 Å². The molecule has 2 fully saturated rings. The summed E-state index contributed by atoms with van der Waals surface area (Å²) in [5.41, 5.74) is -0.668. The molecule has 1 atom stereocenters. The fraction of sp³-hybridized carbons (Fsp3) is 0.800. The predicted octanol–water partition coefficient (Wildman–Crippen LogP) is 1.90.